The van der Waals surface area contributed by atoms with E-state index in [0.29, 0.717) is 5.69 Å². The zero-order valence-corrected chi connectivity index (χ0v) is 8.64. The minimum absolute atomic E-state index is 0.0301. The topological polar surface area (TPSA) is 79.3 Å². The van der Waals surface area contributed by atoms with E-state index in [1.54, 1.807) is 0 Å². The Hall–Kier alpha value is -1.91. The second-order valence-corrected chi connectivity index (χ2v) is 3.83. The Morgan fingerprint density at radius 1 is 1.50 bits per heavy atom. The minimum atomic E-state index is -0.989. The predicted molar refractivity (Wildman–Crippen MR) is 55.8 cm³/mol. The number of carboxylic acid groups (broad SMARTS) is 1. The van der Waals surface area contributed by atoms with Crippen molar-refractivity contribution in [1.29, 1.82) is 0 Å². The summed E-state index contributed by atoms with van der Waals surface area (Å²) in [5.74, 6) is -0.803. The van der Waals surface area contributed by atoms with Gasteiger partial charge in [-0.2, -0.15) is 0 Å². The number of aromatic nitrogens is 1. The van der Waals surface area contributed by atoms with E-state index in [2.05, 4.69) is 10.3 Å². The van der Waals surface area contributed by atoms with E-state index in [1.807, 2.05) is 0 Å². The van der Waals surface area contributed by atoms with Crippen LogP contribution in [0.4, 0.5) is 0 Å². The highest BCUT2D eigenvalue weighted by Gasteiger charge is 2.29. The molecule has 1 fully saturated rings. The van der Waals surface area contributed by atoms with Crippen LogP contribution in [0.25, 0.3) is 0 Å². The number of carbonyl (C=O) groups is 2. The zero-order chi connectivity index (χ0) is 11.5. The maximum Gasteiger partial charge on any atom is 0.335 e. The van der Waals surface area contributed by atoms with Crippen LogP contribution in [0.1, 0.15) is 28.9 Å². The Morgan fingerprint density at radius 2 is 2.25 bits per heavy atom. The number of pyridine rings is 1. The van der Waals surface area contributed by atoms with Gasteiger partial charge in [-0.05, 0) is 25.0 Å². The molecule has 1 amide bonds. The molecule has 1 aliphatic rings. The van der Waals surface area contributed by atoms with Crippen LogP contribution in [0.5, 0.6) is 0 Å². The van der Waals surface area contributed by atoms with Gasteiger partial charge in [-0.1, -0.05) is 0 Å². The van der Waals surface area contributed by atoms with Crippen LogP contribution in [0.3, 0.4) is 0 Å². The number of amides is 1. The van der Waals surface area contributed by atoms with Gasteiger partial charge in [0.05, 0.1) is 17.8 Å². The third kappa shape index (κ3) is 2.56. The second-order valence-electron chi connectivity index (χ2n) is 3.83. The van der Waals surface area contributed by atoms with Gasteiger partial charge >= 0.3 is 5.97 Å². The van der Waals surface area contributed by atoms with Crippen molar-refractivity contribution in [1.82, 2.24) is 10.3 Å². The van der Waals surface area contributed by atoms with Gasteiger partial charge in [0, 0.05) is 12.1 Å². The number of carboxylic acids is 1. The maximum atomic E-state index is 11.3. The number of hydrogen-bond donors (Lipinski definition) is 2. The molecule has 0 unspecified atom stereocenters. The largest absolute Gasteiger partial charge is 0.478 e. The summed E-state index contributed by atoms with van der Waals surface area (Å²) in [4.78, 5) is 26.0. The average molecular weight is 220 g/mol. The van der Waals surface area contributed by atoms with Crippen molar-refractivity contribution in [3.63, 3.8) is 0 Å². The molecule has 0 atom stereocenters. The zero-order valence-electron chi connectivity index (χ0n) is 8.64. The van der Waals surface area contributed by atoms with Gasteiger partial charge in [-0.25, -0.2) is 4.79 Å². The van der Waals surface area contributed by atoms with E-state index in [-0.39, 0.29) is 23.9 Å². The monoisotopic (exact) mass is 220 g/mol. The van der Waals surface area contributed by atoms with Gasteiger partial charge in [0.2, 0.25) is 5.91 Å². The van der Waals surface area contributed by atoms with E-state index < -0.39 is 5.97 Å². The first-order valence-electron chi connectivity index (χ1n) is 5.13. The highest BCUT2D eigenvalue weighted by Crippen LogP contribution is 2.28. The molecular formula is C11H12N2O3. The molecule has 1 saturated carbocycles. The summed E-state index contributed by atoms with van der Waals surface area (Å²) in [5, 5.41) is 11.5. The Bertz CT molecular complexity index is 427. The number of aromatic carboxylic acids is 1. The number of nitrogens with one attached hydrogen (secondary N) is 1. The molecule has 1 aliphatic carbocycles. The molecule has 0 radical (unpaired) electrons. The molecular weight excluding hydrogens is 208 g/mol. The molecule has 5 nitrogen and oxygen atoms in total. The number of hydrogen-bond acceptors (Lipinski definition) is 3. The van der Waals surface area contributed by atoms with Crippen molar-refractivity contribution in [3.05, 3.63) is 29.6 Å². The van der Waals surface area contributed by atoms with Crippen molar-refractivity contribution in [3.8, 4) is 0 Å². The number of nitrogens with zero attached hydrogens (tertiary/aromatic N) is 1. The van der Waals surface area contributed by atoms with Gasteiger partial charge in [0.25, 0.3) is 0 Å². The first-order valence-corrected chi connectivity index (χ1v) is 5.13. The summed E-state index contributed by atoms with van der Waals surface area (Å²) in [7, 11) is 0. The standard InChI is InChI=1S/C11H12N2O3/c14-10(7-1-2-7)13-6-9-5-8(11(15)16)3-4-12-9/h3-5,7H,1-2,6H2,(H,13,14)(H,15,16). The van der Waals surface area contributed by atoms with Gasteiger partial charge < -0.3 is 10.4 Å². The summed E-state index contributed by atoms with van der Waals surface area (Å²) < 4.78 is 0. The molecule has 0 saturated heterocycles. The summed E-state index contributed by atoms with van der Waals surface area (Å²) in [5.41, 5.74) is 0.750. The van der Waals surface area contributed by atoms with E-state index in [1.165, 1.54) is 18.3 Å². The summed E-state index contributed by atoms with van der Waals surface area (Å²) in [6.45, 7) is 0.288. The maximum absolute atomic E-state index is 11.3. The number of carbonyl (C=O) groups excluding carboxylic acids is 1. The molecule has 0 aromatic carbocycles. The molecule has 0 aliphatic heterocycles. The van der Waals surface area contributed by atoms with Crippen LogP contribution >= 0.6 is 0 Å². The van der Waals surface area contributed by atoms with Crippen molar-refractivity contribution in [2.24, 2.45) is 5.92 Å². The van der Waals surface area contributed by atoms with Crippen molar-refractivity contribution >= 4 is 11.9 Å². The van der Waals surface area contributed by atoms with E-state index in [0.717, 1.165) is 12.8 Å². The molecule has 16 heavy (non-hydrogen) atoms. The highest BCUT2D eigenvalue weighted by molar-refractivity contribution is 5.87. The lowest BCUT2D eigenvalue weighted by Gasteiger charge is -2.04. The molecule has 0 bridgehead atoms. The Morgan fingerprint density at radius 3 is 2.88 bits per heavy atom. The van der Waals surface area contributed by atoms with Crippen LogP contribution in [0.15, 0.2) is 18.3 Å². The van der Waals surface area contributed by atoms with Crippen molar-refractivity contribution in [2.45, 2.75) is 19.4 Å². The van der Waals surface area contributed by atoms with Crippen LogP contribution in [0, 0.1) is 5.92 Å². The summed E-state index contributed by atoms with van der Waals surface area (Å²) >= 11 is 0. The highest BCUT2D eigenvalue weighted by atomic mass is 16.4. The lowest BCUT2D eigenvalue weighted by Crippen LogP contribution is -2.24. The molecule has 84 valence electrons. The smallest absolute Gasteiger partial charge is 0.335 e. The second kappa shape index (κ2) is 4.30. The first kappa shape index (κ1) is 10.6. The van der Waals surface area contributed by atoms with Crippen LogP contribution in [0.2, 0.25) is 0 Å². The molecule has 1 aromatic heterocycles. The SMILES string of the molecule is O=C(O)c1ccnc(CNC(=O)C2CC2)c1. The van der Waals surface area contributed by atoms with Gasteiger partial charge in [0.1, 0.15) is 0 Å². The molecule has 1 heterocycles. The van der Waals surface area contributed by atoms with E-state index in [4.69, 9.17) is 5.11 Å². The quantitative estimate of drug-likeness (QED) is 0.786. The Balaban J connectivity index is 1.95. The van der Waals surface area contributed by atoms with Crippen LogP contribution in [-0.2, 0) is 11.3 Å². The lowest BCUT2D eigenvalue weighted by atomic mass is 10.2. The predicted octanol–water partition coefficient (Wildman–Crippen LogP) is 0.806. The molecule has 1 aromatic rings. The molecule has 2 N–H and O–H groups in total. The summed E-state index contributed by atoms with van der Waals surface area (Å²) in [6.07, 6.45) is 3.34. The lowest BCUT2D eigenvalue weighted by molar-refractivity contribution is -0.122. The van der Waals surface area contributed by atoms with Crippen molar-refractivity contribution < 1.29 is 14.7 Å². The first-order chi connectivity index (χ1) is 7.66. The Labute approximate surface area is 92.5 Å². The van der Waals surface area contributed by atoms with Crippen LogP contribution < -0.4 is 5.32 Å². The fraction of sp³-hybridized carbons (Fsp3) is 0.364. The molecule has 2 rings (SSSR count). The number of rotatable bonds is 4. The molecule has 5 heteroatoms. The third-order valence-electron chi connectivity index (χ3n) is 2.46. The van der Waals surface area contributed by atoms with Crippen molar-refractivity contribution in [2.75, 3.05) is 0 Å². The van der Waals surface area contributed by atoms with E-state index in [9.17, 15) is 9.59 Å². The minimum Gasteiger partial charge on any atom is -0.478 e. The fourth-order valence-corrected chi connectivity index (χ4v) is 1.38. The van der Waals surface area contributed by atoms with Crippen LogP contribution in [-0.4, -0.2) is 22.0 Å². The third-order valence-corrected chi connectivity index (χ3v) is 2.46. The fourth-order valence-electron chi connectivity index (χ4n) is 1.38. The van der Waals surface area contributed by atoms with Gasteiger partial charge in [-0.3, -0.25) is 9.78 Å². The average Bonchev–Trinajstić information content (AvgIpc) is 3.10. The Kier molecular flexibility index (Phi) is 2.85. The summed E-state index contributed by atoms with van der Waals surface area (Å²) in [6, 6.07) is 2.89. The van der Waals surface area contributed by atoms with Gasteiger partial charge in [-0.15, -0.1) is 0 Å². The van der Waals surface area contributed by atoms with Gasteiger partial charge in [0.15, 0.2) is 0 Å². The normalized spacial score (nSPS) is 14.5. The molecule has 0 spiro atoms. The van der Waals surface area contributed by atoms with E-state index >= 15 is 0 Å².